The molecule has 0 atom stereocenters. The van der Waals surface area contributed by atoms with Gasteiger partial charge < -0.3 is 4.74 Å². The molecule has 0 radical (unpaired) electrons. The van der Waals surface area contributed by atoms with Crippen molar-refractivity contribution >= 4 is 23.1 Å². The molecule has 6 heteroatoms. The lowest BCUT2D eigenvalue weighted by Gasteiger charge is -2.15. The zero-order valence-electron chi connectivity index (χ0n) is 10.3. The van der Waals surface area contributed by atoms with Crippen molar-refractivity contribution < 1.29 is 4.74 Å². The molecule has 0 saturated heterocycles. The van der Waals surface area contributed by atoms with Gasteiger partial charge in [-0.1, -0.05) is 28.2 Å². The van der Waals surface area contributed by atoms with Crippen molar-refractivity contribution in [2.45, 2.75) is 13.1 Å². The van der Waals surface area contributed by atoms with Gasteiger partial charge in [0.2, 0.25) is 0 Å². The summed E-state index contributed by atoms with van der Waals surface area (Å²) in [6.07, 6.45) is 0. The van der Waals surface area contributed by atoms with E-state index in [1.54, 1.807) is 7.11 Å². The average molecular weight is 284 g/mol. The lowest BCUT2D eigenvalue weighted by molar-refractivity contribution is 0.315. The van der Waals surface area contributed by atoms with Crippen LogP contribution in [0.15, 0.2) is 24.3 Å². The second-order valence-corrected chi connectivity index (χ2v) is 5.37. The molecule has 1 aromatic carbocycles. The van der Waals surface area contributed by atoms with Gasteiger partial charge >= 0.3 is 0 Å². The van der Waals surface area contributed by atoms with E-state index >= 15 is 0 Å². The fourth-order valence-electron chi connectivity index (χ4n) is 1.65. The van der Waals surface area contributed by atoms with Crippen molar-refractivity contribution in [1.29, 1.82) is 0 Å². The predicted octanol–water partition coefficient (Wildman–Crippen LogP) is 2.83. The fourth-order valence-corrected chi connectivity index (χ4v) is 2.26. The van der Waals surface area contributed by atoms with Gasteiger partial charge in [0, 0.05) is 24.6 Å². The van der Waals surface area contributed by atoms with Gasteiger partial charge in [0.15, 0.2) is 0 Å². The molecule has 0 aliphatic heterocycles. The second kappa shape index (κ2) is 6.13. The normalized spacial score (nSPS) is 10.9. The minimum Gasteiger partial charge on any atom is -0.497 e. The van der Waals surface area contributed by atoms with Crippen LogP contribution in [0.5, 0.6) is 5.75 Å². The van der Waals surface area contributed by atoms with Crippen LogP contribution in [-0.2, 0) is 13.1 Å². The zero-order chi connectivity index (χ0) is 13.0. The quantitative estimate of drug-likeness (QED) is 0.846. The van der Waals surface area contributed by atoms with Crippen molar-refractivity contribution in [1.82, 2.24) is 14.5 Å². The lowest BCUT2D eigenvalue weighted by Crippen LogP contribution is -2.17. The molecule has 0 aliphatic carbocycles. The highest BCUT2D eigenvalue weighted by Crippen LogP contribution is 2.19. The van der Waals surface area contributed by atoms with Crippen LogP contribution in [-0.4, -0.2) is 28.6 Å². The number of rotatable bonds is 5. The molecule has 2 aromatic rings. The van der Waals surface area contributed by atoms with Crippen LogP contribution in [0.25, 0.3) is 0 Å². The summed E-state index contributed by atoms with van der Waals surface area (Å²) in [5.74, 6) is 0.869. The van der Waals surface area contributed by atoms with Crippen molar-refractivity contribution in [3.8, 4) is 5.75 Å². The standard InChI is InChI=1S/C12H14ClN3OS/c1-16(8-11-12(13)18-15-14-11)7-9-3-5-10(17-2)6-4-9/h3-6H,7-8H2,1-2H3. The predicted molar refractivity (Wildman–Crippen MR) is 73.1 cm³/mol. The summed E-state index contributed by atoms with van der Waals surface area (Å²) >= 11 is 7.20. The van der Waals surface area contributed by atoms with Crippen LogP contribution < -0.4 is 4.74 Å². The van der Waals surface area contributed by atoms with Gasteiger partial charge in [-0.15, -0.1) is 5.10 Å². The largest absolute Gasteiger partial charge is 0.497 e. The Hall–Kier alpha value is -1.17. The molecule has 4 nitrogen and oxygen atoms in total. The molecule has 96 valence electrons. The first-order chi connectivity index (χ1) is 8.69. The first-order valence-electron chi connectivity index (χ1n) is 5.47. The molecule has 0 unspecified atom stereocenters. The van der Waals surface area contributed by atoms with E-state index in [9.17, 15) is 0 Å². The summed E-state index contributed by atoms with van der Waals surface area (Å²) in [7, 11) is 3.69. The number of methoxy groups -OCH3 is 1. The molecule has 0 fully saturated rings. The van der Waals surface area contributed by atoms with Gasteiger partial charge in [-0.2, -0.15) is 0 Å². The summed E-state index contributed by atoms with van der Waals surface area (Å²) in [6, 6.07) is 8.02. The maximum Gasteiger partial charge on any atom is 0.138 e. The van der Waals surface area contributed by atoms with Crippen LogP contribution >= 0.6 is 23.1 Å². The second-order valence-electron chi connectivity index (χ2n) is 4.01. The van der Waals surface area contributed by atoms with E-state index in [1.807, 2.05) is 19.2 Å². The topological polar surface area (TPSA) is 38.2 Å². The number of aromatic nitrogens is 2. The van der Waals surface area contributed by atoms with Gasteiger partial charge in [-0.3, -0.25) is 4.90 Å². The van der Waals surface area contributed by atoms with E-state index in [0.717, 1.165) is 18.0 Å². The van der Waals surface area contributed by atoms with E-state index in [4.69, 9.17) is 16.3 Å². The summed E-state index contributed by atoms with van der Waals surface area (Å²) in [5, 5.41) is 4.00. The van der Waals surface area contributed by atoms with Gasteiger partial charge in [0.1, 0.15) is 15.8 Å². The molecular formula is C12H14ClN3OS. The van der Waals surface area contributed by atoms with Crippen LogP contribution in [0.3, 0.4) is 0 Å². The monoisotopic (exact) mass is 283 g/mol. The van der Waals surface area contributed by atoms with Crippen molar-refractivity contribution in [2.24, 2.45) is 0 Å². The smallest absolute Gasteiger partial charge is 0.138 e. The van der Waals surface area contributed by atoms with E-state index in [0.29, 0.717) is 10.9 Å². The van der Waals surface area contributed by atoms with Crippen molar-refractivity contribution in [2.75, 3.05) is 14.2 Å². The van der Waals surface area contributed by atoms with Gasteiger partial charge in [0.25, 0.3) is 0 Å². The third-order valence-electron chi connectivity index (χ3n) is 2.54. The Morgan fingerprint density at radius 1 is 1.28 bits per heavy atom. The average Bonchev–Trinajstić information content (AvgIpc) is 2.76. The minimum atomic E-state index is 0.664. The van der Waals surface area contributed by atoms with Crippen LogP contribution in [0.2, 0.25) is 4.34 Å². The number of benzene rings is 1. The minimum absolute atomic E-state index is 0.664. The first-order valence-corrected chi connectivity index (χ1v) is 6.62. The number of nitrogens with zero attached hydrogens (tertiary/aromatic N) is 3. The Kier molecular flexibility index (Phi) is 4.52. The van der Waals surface area contributed by atoms with Crippen LogP contribution in [0.4, 0.5) is 0 Å². The molecular weight excluding hydrogens is 270 g/mol. The molecule has 0 bridgehead atoms. The van der Waals surface area contributed by atoms with E-state index in [2.05, 4.69) is 26.6 Å². The Labute approximate surface area is 115 Å². The van der Waals surface area contributed by atoms with Gasteiger partial charge in [0.05, 0.1) is 7.11 Å². The maximum absolute atomic E-state index is 5.98. The Morgan fingerprint density at radius 2 is 2.00 bits per heavy atom. The third kappa shape index (κ3) is 3.41. The summed E-state index contributed by atoms with van der Waals surface area (Å²) in [5.41, 5.74) is 2.05. The SMILES string of the molecule is COc1ccc(CN(C)Cc2nnsc2Cl)cc1. The van der Waals surface area contributed by atoms with E-state index < -0.39 is 0 Å². The van der Waals surface area contributed by atoms with Crippen molar-refractivity contribution in [3.05, 3.63) is 39.9 Å². The van der Waals surface area contributed by atoms with E-state index in [-0.39, 0.29) is 0 Å². The van der Waals surface area contributed by atoms with Gasteiger partial charge in [-0.05, 0) is 24.7 Å². The highest BCUT2D eigenvalue weighted by Gasteiger charge is 2.09. The molecule has 2 rings (SSSR count). The van der Waals surface area contributed by atoms with Crippen molar-refractivity contribution in [3.63, 3.8) is 0 Å². The fraction of sp³-hybridized carbons (Fsp3) is 0.333. The van der Waals surface area contributed by atoms with Crippen LogP contribution in [0.1, 0.15) is 11.3 Å². The molecule has 0 amide bonds. The van der Waals surface area contributed by atoms with Gasteiger partial charge in [-0.25, -0.2) is 0 Å². The lowest BCUT2D eigenvalue weighted by atomic mass is 10.2. The van der Waals surface area contributed by atoms with Crippen LogP contribution in [0, 0.1) is 0 Å². The zero-order valence-corrected chi connectivity index (χ0v) is 11.8. The summed E-state index contributed by atoms with van der Waals surface area (Å²) in [6.45, 7) is 1.53. The molecule has 0 aliphatic rings. The Morgan fingerprint density at radius 3 is 2.56 bits per heavy atom. The molecule has 1 aromatic heterocycles. The number of hydrogen-bond donors (Lipinski definition) is 0. The Balaban J connectivity index is 1.94. The Bertz CT molecular complexity index is 500. The number of hydrogen-bond acceptors (Lipinski definition) is 5. The van der Waals surface area contributed by atoms with E-state index in [1.165, 1.54) is 17.1 Å². The summed E-state index contributed by atoms with van der Waals surface area (Å²) in [4.78, 5) is 2.14. The molecule has 0 N–H and O–H groups in total. The molecule has 18 heavy (non-hydrogen) atoms. The molecule has 0 spiro atoms. The highest BCUT2D eigenvalue weighted by molar-refractivity contribution is 7.10. The first kappa shape index (κ1) is 13.3. The highest BCUT2D eigenvalue weighted by atomic mass is 35.5. The maximum atomic E-state index is 5.98. The summed E-state index contributed by atoms with van der Waals surface area (Å²) < 4.78 is 9.61. The number of halogens is 1. The molecule has 0 saturated carbocycles. The number of ether oxygens (including phenoxy) is 1. The molecule has 1 heterocycles. The third-order valence-corrected chi connectivity index (χ3v) is 3.53.